The van der Waals surface area contributed by atoms with Crippen LogP contribution in [0.3, 0.4) is 0 Å². The molecular weight excluding hydrogens is 334 g/mol. The van der Waals surface area contributed by atoms with Crippen LogP contribution in [0, 0.1) is 0 Å². The van der Waals surface area contributed by atoms with Crippen molar-refractivity contribution in [3.05, 3.63) is 0 Å². The lowest BCUT2D eigenvalue weighted by molar-refractivity contribution is -0.148. The Hall–Kier alpha value is -0.120. The Balaban J connectivity index is 3.77. The minimum absolute atomic E-state index is 0.0274. The Kier molecular flexibility index (Phi) is 23.8. The van der Waals surface area contributed by atoms with Crippen LogP contribution in [0.1, 0.15) is 129 Å². The Morgan fingerprint density at radius 1 is 0.519 bits per heavy atom. The summed E-state index contributed by atoms with van der Waals surface area (Å²) in [6, 6.07) is 0. The zero-order valence-corrected chi connectivity index (χ0v) is 18.8. The summed E-state index contributed by atoms with van der Waals surface area (Å²) in [7, 11) is 0. The Morgan fingerprint density at radius 2 is 0.926 bits per heavy atom. The first-order valence-electron chi connectivity index (χ1n) is 12.3. The van der Waals surface area contributed by atoms with E-state index in [2.05, 4.69) is 13.8 Å². The van der Waals surface area contributed by atoms with Crippen molar-refractivity contribution in [2.45, 2.75) is 136 Å². The van der Waals surface area contributed by atoms with Gasteiger partial charge >= 0.3 is 0 Å². The second-order valence-corrected chi connectivity index (χ2v) is 8.05. The molecule has 0 saturated carbocycles. The number of ether oxygens (including phenoxy) is 2. The van der Waals surface area contributed by atoms with Crippen LogP contribution in [0.25, 0.3) is 0 Å². The fraction of sp³-hybridized carbons (Fsp3) is 1.00. The van der Waals surface area contributed by atoms with Crippen molar-refractivity contribution in [3.63, 3.8) is 0 Å². The highest BCUT2D eigenvalue weighted by atomic mass is 16.7. The molecule has 0 saturated heterocycles. The maximum absolute atomic E-state index is 6.07. The maximum atomic E-state index is 6.07. The quantitative estimate of drug-likeness (QED) is 0.147. The van der Waals surface area contributed by atoms with Crippen molar-refractivity contribution >= 4 is 0 Å². The monoisotopic (exact) mass is 385 g/mol. The minimum atomic E-state index is 0.0274. The molecule has 0 unspecified atom stereocenters. The Bertz CT molecular complexity index is 245. The van der Waals surface area contributed by atoms with Crippen molar-refractivity contribution in [1.82, 2.24) is 0 Å². The molecule has 0 aromatic carbocycles. The molecule has 0 aliphatic heterocycles. The zero-order chi connectivity index (χ0) is 19.8. The largest absolute Gasteiger partial charge is 0.353 e. The molecule has 0 radical (unpaired) electrons. The first kappa shape index (κ1) is 26.9. The van der Waals surface area contributed by atoms with Crippen LogP contribution in [0.15, 0.2) is 0 Å². The van der Waals surface area contributed by atoms with Gasteiger partial charge in [-0.3, -0.25) is 0 Å². The van der Waals surface area contributed by atoms with Gasteiger partial charge in [0.2, 0.25) is 0 Å². The van der Waals surface area contributed by atoms with Gasteiger partial charge in [-0.05, 0) is 38.6 Å². The highest BCUT2D eigenvalue weighted by Gasteiger charge is 2.09. The minimum Gasteiger partial charge on any atom is -0.353 e. The lowest BCUT2D eigenvalue weighted by Crippen LogP contribution is -2.19. The molecule has 0 aliphatic rings. The molecule has 0 heterocycles. The zero-order valence-electron chi connectivity index (χ0n) is 18.8. The molecule has 3 nitrogen and oxygen atoms in total. The summed E-state index contributed by atoms with van der Waals surface area (Å²) in [5.74, 6) is 0. The van der Waals surface area contributed by atoms with Crippen LogP contribution in [0.4, 0.5) is 0 Å². The van der Waals surface area contributed by atoms with E-state index in [1.807, 2.05) is 0 Å². The van der Waals surface area contributed by atoms with E-state index >= 15 is 0 Å². The van der Waals surface area contributed by atoms with Gasteiger partial charge in [-0.1, -0.05) is 97.3 Å². The standard InChI is InChI=1S/C24H51NO2/c1-3-5-7-14-18-22-26-24(27-23-19-15-8-6-4-2)20-16-12-10-9-11-13-17-21-25/h24H,3-23,25H2,1-2H3. The Morgan fingerprint density at radius 3 is 1.41 bits per heavy atom. The molecule has 27 heavy (non-hydrogen) atoms. The van der Waals surface area contributed by atoms with E-state index in [1.165, 1.54) is 109 Å². The van der Waals surface area contributed by atoms with E-state index in [0.29, 0.717) is 0 Å². The van der Waals surface area contributed by atoms with Gasteiger partial charge in [0.1, 0.15) is 0 Å². The first-order chi connectivity index (χ1) is 13.3. The molecule has 0 rings (SSSR count). The molecule has 0 aromatic heterocycles. The molecule has 0 spiro atoms. The average molecular weight is 386 g/mol. The van der Waals surface area contributed by atoms with Crippen LogP contribution in [0.2, 0.25) is 0 Å². The summed E-state index contributed by atoms with van der Waals surface area (Å²) in [6.07, 6.45) is 23.0. The van der Waals surface area contributed by atoms with Crippen molar-refractivity contribution in [3.8, 4) is 0 Å². The lowest BCUT2D eigenvalue weighted by Gasteiger charge is -2.19. The third-order valence-electron chi connectivity index (χ3n) is 5.25. The van der Waals surface area contributed by atoms with E-state index in [0.717, 1.165) is 26.2 Å². The van der Waals surface area contributed by atoms with Gasteiger partial charge < -0.3 is 15.2 Å². The van der Waals surface area contributed by atoms with Gasteiger partial charge in [-0.25, -0.2) is 0 Å². The van der Waals surface area contributed by atoms with E-state index in [9.17, 15) is 0 Å². The van der Waals surface area contributed by atoms with Gasteiger partial charge in [0.25, 0.3) is 0 Å². The highest BCUT2D eigenvalue weighted by molar-refractivity contribution is 4.52. The van der Waals surface area contributed by atoms with Gasteiger partial charge in [0.15, 0.2) is 6.29 Å². The summed E-state index contributed by atoms with van der Waals surface area (Å²) < 4.78 is 12.1. The maximum Gasteiger partial charge on any atom is 0.157 e. The molecule has 164 valence electrons. The van der Waals surface area contributed by atoms with Crippen molar-refractivity contribution in [2.75, 3.05) is 19.8 Å². The normalized spacial score (nSPS) is 11.6. The molecule has 0 amide bonds. The molecule has 0 bridgehead atoms. The number of rotatable bonds is 23. The van der Waals surface area contributed by atoms with Crippen LogP contribution in [-0.2, 0) is 9.47 Å². The molecule has 0 atom stereocenters. The smallest absolute Gasteiger partial charge is 0.157 e. The molecule has 2 N–H and O–H groups in total. The SMILES string of the molecule is CCCCCCCOC(CCCCCCCCCN)OCCCCCCC. The second-order valence-electron chi connectivity index (χ2n) is 8.05. The van der Waals surface area contributed by atoms with E-state index in [4.69, 9.17) is 15.2 Å². The summed E-state index contributed by atoms with van der Waals surface area (Å²) in [5, 5.41) is 0. The van der Waals surface area contributed by atoms with Crippen molar-refractivity contribution in [1.29, 1.82) is 0 Å². The number of hydrogen-bond donors (Lipinski definition) is 1. The number of nitrogens with two attached hydrogens (primary N) is 1. The predicted octanol–water partition coefficient (Wildman–Crippen LogP) is 7.37. The summed E-state index contributed by atoms with van der Waals surface area (Å²) in [5.41, 5.74) is 5.54. The summed E-state index contributed by atoms with van der Waals surface area (Å²) in [6.45, 7) is 7.10. The molecule has 0 fully saturated rings. The molecular formula is C24H51NO2. The number of unbranched alkanes of at least 4 members (excludes halogenated alkanes) is 14. The average Bonchev–Trinajstić information content (AvgIpc) is 2.68. The fourth-order valence-corrected chi connectivity index (χ4v) is 3.39. The highest BCUT2D eigenvalue weighted by Crippen LogP contribution is 2.14. The first-order valence-corrected chi connectivity index (χ1v) is 12.3. The van der Waals surface area contributed by atoms with E-state index < -0.39 is 0 Å². The van der Waals surface area contributed by atoms with Crippen LogP contribution >= 0.6 is 0 Å². The van der Waals surface area contributed by atoms with Gasteiger partial charge in [0.05, 0.1) is 0 Å². The van der Waals surface area contributed by atoms with E-state index in [-0.39, 0.29) is 6.29 Å². The van der Waals surface area contributed by atoms with Gasteiger partial charge in [-0.15, -0.1) is 0 Å². The van der Waals surface area contributed by atoms with Crippen LogP contribution in [-0.4, -0.2) is 26.0 Å². The molecule has 3 heteroatoms. The second kappa shape index (κ2) is 23.9. The van der Waals surface area contributed by atoms with E-state index in [1.54, 1.807) is 0 Å². The molecule has 0 aliphatic carbocycles. The lowest BCUT2D eigenvalue weighted by atomic mass is 10.1. The van der Waals surface area contributed by atoms with Crippen molar-refractivity contribution < 1.29 is 9.47 Å². The predicted molar refractivity (Wildman–Crippen MR) is 119 cm³/mol. The number of hydrogen-bond acceptors (Lipinski definition) is 3. The van der Waals surface area contributed by atoms with Crippen molar-refractivity contribution in [2.24, 2.45) is 5.73 Å². The third kappa shape index (κ3) is 22.0. The third-order valence-corrected chi connectivity index (χ3v) is 5.25. The summed E-state index contributed by atoms with van der Waals surface area (Å²) in [4.78, 5) is 0. The summed E-state index contributed by atoms with van der Waals surface area (Å²) >= 11 is 0. The fourth-order valence-electron chi connectivity index (χ4n) is 3.39. The van der Waals surface area contributed by atoms with Crippen LogP contribution in [0.5, 0.6) is 0 Å². The topological polar surface area (TPSA) is 44.5 Å². The molecule has 0 aromatic rings. The van der Waals surface area contributed by atoms with Gasteiger partial charge in [-0.2, -0.15) is 0 Å². The van der Waals surface area contributed by atoms with Crippen LogP contribution < -0.4 is 5.73 Å². The van der Waals surface area contributed by atoms with Gasteiger partial charge in [0, 0.05) is 13.2 Å². The Labute approximate surface area is 171 Å².